The molecule has 7 heteroatoms. The predicted octanol–water partition coefficient (Wildman–Crippen LogP) is 4.24. The quantitative estimate of drug-likeness (QED) is 0.751. The topological polar surface area (TPSA) is 58.2 Å². The van der Waals surface area contributed by atoms with E-state index in [0.717, 1.165) is 49.2 Å². The van der Waals surface area contributed by atoms with E-state index in [-0.39, 0.29) is 10.4 Å². The molecule has 0 radical (unpaired) electrons. The molecule has 2 N–H and O–H groups in total. The summed E-state index contributed by atoms with van der Waals surface area (Å²) in [6.07, 6.45) is 6.81. The van der Waals surface area contributed by atoms with E-state index in [1.54, 1.807) is 6.92 Å². The molecule has 0 unspecified atom stereocenters. The van der Waals surface area contributed by atoms with Crippen LogP contribution in [0.3, 0.4) is 0 Å². The smallest absolute Gasteiger partial charge is 0.321 e. The molecule has 0 aromatic heterocycles. The number of thioether (sulfide) groups is 1. The number of rotatable bonds is 4. The molecule has 4 aliphatic rings. The zero-order valence-electron chi connectivity index (χ0n) is 15.3. The molecule has 0 heterocycles. The van der Waals surface area contributed by atoms with Crippen molar-refractivity contribution in [2.24, 2.45) is 17.8 Å². The number of hydrogen-bond acceptors (Lipinski definition) is 3. The number of nitrogens with one attached hydrogen (secondary N) is 2. The van der Waals surface area contributed by atoms with Gasteiger partial charge in [0, 0.05) is 10.4 Å². The molecule has 1 atom stereocenters. The predicted molar refractivity (Wildman–Crippen MR) is 99.3 cm³/mol. The highest BCUT2D eigenvalue weighted by atomic mass is 32.2. The van der Waals surface area contributed by atoms with Gasteiger partial charge in [0.1, 0.15) is 11.6 Å². The van der Waals surface area contributed by atoms with Gasteiger partial charge in [-0.3, -0.25) is 10.1 Å². The van der Waals surface area contributed by atoms with Gasteiger partial charge in [0.25, 0.3) is 0 Å². The Hall–Kier alpha value is -1.63. The monoisotopic (exact) mass is 394 g/mol. The van der Waals surface area contributed by atoms with E-state index in [0.29, 0.717) is 17.8 Å². The lowest BCUT2D eigenvalue weighted by atomic mass is 9.53. The van der Waals surface area contributed by atoms with Crippen molar-refractivity contribution in [1.29, 1.82) is 0 Å². The maximum absolute atomic E-state index is 13.7. The maximum Gasteiger partial charge on any atom is 0.321 e. The Balaban J connectivity index is 1.34. The Morgan fingerprint density at radius 3 is 2.30 bits per heavy atom. The molecular weight excluding hydrogens is 370 g/mol. The molecule has 4 aliphatic carbocycles. The SMILES string of the molecule is C[C@H](Sc1cc(F)ccc1F)C(=O)NC(=O)NC12CC3CC(CC(C3)C1)C2. The molecule has 3 amide bonds. The third-order valence-corrected chi connectivity index (χ3v) is 7.35. The minimum Gasteiger partial charge on any atom is -0.332 e. The molecule has 1 aromatic rings. The van der Waals surface area contributed by atoms with Crippen LogP contribution in [0.4, 0.5) is 13.6 Å². The average Bonchev–Trinajstić information content (AvgIpc) is 2.56. The largest absolute Gasteiger partial charge is 0.332 e. The standard InChI is InChI=1S/C20H24F2N2O2S/c1-11(27-17-7-15(21)2-3-16(17)22)18(25)23-19(26)24-20-8-12-4-13(9-20)6-14(5-12)10-20/h2-3,7,11-14H,4-6,8-10H2,1H3,(H2,23,24,25,26)/t11-,12?,13?,14?,20?/m0/s1. The van der Waals surface area contributed by atoms with Gasteiger partial charge in [-0.2, -0.15) is 0 Å². The van der Waals surface area contributed by atoms with E-state index < -0.39 is 28.8 Å². The molecule has 4 bridgehead atoms. The second-order valence-electron chi connectivity index (χ2n) is 8.48. The molecule has 4 saturated carbocycles. The van der Waals surface area contributed by atoms with E-state index in [2.05, 4.69) is 10.6 Å². The average molecular weight is 394 g/mol. The van der Waals surface area contributed by atoms with Gasteiger partial charge in [0.2, 0.25) is 5.91 Å². The maximum atomic E-state index is 13.7. The molecule has 27 heavy (non-hydrogen) atoms. The van der Waals surface area contributed by atoms with Crippen LogP contribution in [0.1, 0.15) is 45.4 Å². The summed E-state index contributed by atoms with van der Waals surface area (Å²) in [5, 5.41) is 4.74. The molecule has 0 saturated heterocycles. The molecule has 0 spiro atoms. The van der Waals surface area contributed by atoms with E-state index in [1.165, 1.54) is 19.3 Å². The van der Waals surface area contributed by atoms with Crippen LogP contribution >= 0.6 is 11.8 Å². The second-order valence-corrected chi connectivity index (χ2v) is 9.86. The lowest BCUT2D eigenvalue weighted by Crippen LogP contribution is -2.62. The Morgan fingerprint density at radius 2 is 1.70 bits per heavy atom. The van der Waals surface area contributed by atoms with E-state index in [9.17, 15) is 18.4 Å². The van der Waals surface area contributed by atoms with E-state index in [1.807, 2.05) is 0 Å². The Morgan fingerprint density at radius 1 is 1.11 bits per heavy atom. The Bertz CT molecular complexity index is 735. The number of imide groups is 1. The van der Waals surface area contributed by atoms with Crippen LogP contribution in [0.5, 0.6) is 0 Å². The van der Waals surface area contributed by atoms with Crippen molar-refractivity contribution in [2.45, 2.75) is 61.1 Å². The summed E-state index contributed by atoms with van der Waals surface area (Å²) < 4.78 is 27.0. The van der Waals surface area contributed by atoms with Gasteiger partial charge < -0.3 is 5.32 Å². The number of benzene rings is 1. The molecule has 1 aromatic carbocycles. The van der Waals surface area contributed by atoms with Gasteiger partial charge in [-0.15, -0.1) is 11.8 Å². The first-order valence-electron chi connectivity index (χ1n) is 9.56. The van der Waals surface area contributed by atoms with Gasteiger partial charge in [0.15, 0.2) is 0 Å². The van der Waals surface area contributed by atoms with Gasteiger partial charge in [0.05, 0.1) is 5.25 Å². The third-order valence-electron chi connectivity index (χ3n) is 6.22. The van der Waals surface area contributed by atoms with Crippen molar-refractivity contribution in [3.05, 3.63) is 29.8 Å². The Labute approximate surface area is 161 Å². The summed E-state index contributed by atoms with van der Waals surface area (Å²) in [5.41, 5.74) is -0.176. The van der Waals surface area contributed by atoms with Crippen molar-refractivity contribution in [1.82, 2.24) is 10.6 Å². The van der Waals surface area contributed by atoms with Crippen LogP contribution in [0.15, 0.2) is 23.1 Å². The fourth-order valence-corrected chi connectivity index (χ4v) is 6.47. The highest BCUT2D eigenvalue weighted by Gasteiger charge is 2.51. The molecule has 4 fully saturated rings. The minimum absolute atomic E-state index is 0.0548. The lowest BCUT2D eigenvalue weighted by Gasteiger charge is -2.56. The van der Waals surface area contributed by atoms with Crippen LogP contribution < -0.4 is 10.6 Å². The van der Waals surface area contributed by atoms with Crippen molar-refractivity contribution >= 4 is 23.7 Å². The number of amides is 3. The number of hydrogen-bond donors (Lipinski definition) is 2. The molecule has 146 valence electrons. The summed E-state index contributed by atoms with van der Waals surface area (Å²) in [7, 11) is 0. The van der Waals surface area contributed by atoms with Gasteiger partial charge in [-0.1, -0.05) is 0 Å². The number of halogens is 2. The normalized spacial score (nSPS) is 32.2. The van der Waals surface area contributed by atoms with Gasteiger partial charge in [-0.25, -0.2) is 13.6 Å². The summed E-state index contributed by atoms with van der Waals surface area (Å²) in [5.74, 6) is 0.420. The van der Waals surface area contributed by atoms with Crippen LogP contribution in [0.25, 0.3) is 0 Å². The van der Waals surface area contributed by atoms with E-state index >= 15 is 0 Å². The van der Waals surface area contributed by atoms with Crippen molar-refractivity contribution in [3.8, 4) is 0 Å². The number of carbonyl (C=O) groups excluding carboxylic acids is 2. The first-order chi connectivity index (χ1) is 12.8. The summed E-state index contributed by atoms with van der Waals surface area (Å²) >= 11 is 0.897. The summed E-state index contributed by atoms with van der Waals surface area (Å²) in [6.45, 7) is 1.57. The number of urea groups is 1. The summed E-state index contributed by atoms with van der Waals surface area (Å²) in [4.78, 5) is 24.8. The van der Waals surface area contributed by atoms with Crippen molar-refractivity contribution in [2.75, 3.05) is 0 Å². The van der Waals surface area contributed by atoms with Crippen LogP contribution in [0, 0.1) is 29.4 Å². The molecular formula is C20H24F2N2O2S. The first kappa shape index (κ1) is 18.7. The highest BCUT2D eigenvalue weighted by molar-refractivity contribution is 8.00. The minimum atomic E-state index is -0.719. The fourth-order valence-electron chi connectivity index (χ4n) is 5.56. The third kappa shape index (κ3) is 3.98. The summed E-state index contributed by atoms with van der Waals surface area (Å²) in [6, 6.07) is 2.64. The van der Waals surface area contributed by atoms with Crippen LogP contribution in [0.2, 0.25) is 0 Å². The number of carbonyl (C=O) groups is 2. The van der Waals surface area contributed by atoms with Crippen molar-refractivity contribution in [3.63, 3.8) is 0 Å². The van der Waals surface area contributed by atoms with Crippen LogP contribution in [-0.4, -0.2) is 22.7 Å². The van der Waals surface area contributed by atoms with Crippen molar-refractivity contribution < 1.29 is 18.4 Å². The van der Waals surface area contributed by atoms with E-state index in [4.69, 9.17) is 0 Å². The van der Waals surface area contributed by atoms with Gasteiger partial charge >= 0.3 is 6.03 Å². The molecule has 0 aliphatic heterocycles. The van der Waals surface area contributed by atoms with Gasteiger partial charge in [-0.05, 0) is 81.4 Å². The first-order valence-corrected chi connectivity index (χ1v) is 10.4. The van der Waals surface area contributed by atoms with Crippen LogP contribution in [-0.2, 0) is 4.79 Å². The lowest BCUT2D eigenvalue weighted by molar-refractivity contribution is -0.119. The zero-order valence-corrected chi connectivity index (χ0v) is 16.1. The second kappa shape index (κ2) is 7.08. The molecule has 5 rings (SSSR count). The fraction of sp³-hybridized carbons (Fsp3) is 0.600. The zero-order chi connectivity index (χ0) is 19.2. The highest BCUT2D eigenvalue weighted by Crippen LogP contribution is 2.55. The molecule has 4 nitrogen and oxygen atoms in total. The Kier molecular flexibility index (Phi) is 4.91.